The molecule has 0 bridgehead atoms. The Kier molecular flexibility index (Phi) is 6.47. The summed E-state index contributed by atoms with van der Waals surface area (Å²) in [5.74, 6) is 0. The smallest absolute Gasteiger partial charge is 0.147 e. The summed E-state index contributed by atoms with van der Waals surface area (Å²) in [6.07, 6.45) is 0. The molecule has 0 spiro atoms. The molecule has 0 aliphatic rings. The summed E-state index contributed by atoms with van der Waals surface area (Å²) in [6.45, 7) is 0. The summed E-state index contributed by atoms with van der Waals surface area (Å²) in [5.41, 5.74) is 16.2. The fourth-order valence-corrected chi connectivity index (χ4v) is 11.0. The van der Waals surface area contributed by atoms with Gasteiger partial charge in [-0.1, -0.05) is 84.9 Å². The molecule has 0 aliphatic heterocycles. The molecule has 0 saturated carbocycles. The van der Waals surface area contributed by atoms with Crippen LogP contribution >= 0.6 is 0 Å². The third-order valence-corrected chi connectivity index (χ3v) is 14.0. The minimum Gasteiger partial charge on any atom is -0.456 e. The fourth-order valence-electron chi connectivity index (χ4n) is 11.0. The molecule has 6 aromatic heterocycles. The lowest BCUT2D eigenvalue weighted by atomic mass is 9.97. The molecule has 6 nitrogen and oxygen atoms in total. The van der Waals surface area contributed by atoms with E-state index in [0.717, 1.165) is 159 Å². The van der Waals surface area contributed by atoms with Crippen molar-refractivity contribution in [2.45, 2.75) is 0 Å². The van der Waals surface area contributed by atoms with Gasteiger partial charge in [-0.3, -0.25) is 0 Å². The predicted octanol–water partition coefficient (Wildman–Crippen LogP) is 17.6. The van der Waals surface area contributed by atoms with Gasteiger partial charge in [0.15, 0.2) is 0 Å². The predicted molar refractivity (Wildman–Crippen MR) is 268 cm³/mol. The normalized spacial score (nSPS) is 12.5. The quantitative estimate of drug-likeness (QED) is 0.177. The molecular formula is C60H31NO5. The van der Waals surface area contributed by atoms with Gasteiger partial charge in [0, 0.05) is 54.2 Å². The molecule has 0 atom stereocenters. The Hall–Kier alpha value is -9.00. The van der Waals surface area contributed by atoms with Gasteiger partial charge in [0.2, 0.25) is 0 Å². The molecule has 10 aromatic carbocycles. The molecule has 0 aliphatic carbocycles. The van der Waals surface area contributed by atoms with Crippen LogP contribution in [0.5, 0.6) is 0 Å². The highest BCUT2D eigenvalue weighted by atomic mass is 16.4. The van der Waals surface area contributed by atoms with E-state index < -0.39 is 0 Å². The van der Waals surface area contributed by atoms with Gasteiger partial charge in [0.1, 0.15) is 55.8 Å². The van der Waals surface area contributed by atoms with Crippen molar-refractivity contribution in [3.8, 4) is 27.9 Å². The highest BCUT2D eigenvalue weighted by Gasteiger charge is 2.22. The third kappa shape index (κ3) is 4.54. The molecule has 0 N–H and O–H groups in total. The number of rotatable bonds is 3. The summed E-state index contributed by atoms with van der Waals surface area (Å²) in [6, 6.07) is 66.0. The molecule has 16 rings (SSSR count). The zero-order chi connectivity index (χ0) is 42.8. The van der Waals surface area contributed by atoms with Gasteiger partial charge in [0.05, 0.1) is 27.2 Å². The van der Waals surface area contributed by atoms with Gasteiger partial charge < -0.3 is 26.7 Å². The SMILES string of the molecule is c1cc(-c2ccc3oc4c(ccc5oc6ccccc6c54)c3c2)cc(-c2ccc3oc4c(ccc5oc6ccc(-n7c8ccccc8c8c9oc%10ccccc%10c9ccc87)cc6c54)c3c2)c1. The highest BCUT2D eigenvalue weighted by Crippen LogP contribution is 2.45. The van der Waals surface area contributed by atoms with Crippen molar-refractivity contribution >= 4 is 131 Å². The van der Waals surface area contributed by atoms with E-state index in [1.165, 1.54) is 0 Å². The van der Waals surface area contributed by atoms with E-state index in [9.17, 15) is 0 Å². The first-order valence-corrected chi connectivity index (χ1v) is 22.2. The lowest BCUT2D eigenvalue weighted by molar-refractivity contribution is 0.662. The van der Waals surface area contributed by atoms with Crippen LogP contribution in [0.15, 0.2) is 210 Å². The van der Waals surface area contributed by atoms with Crippen molar-refractivity contribution < 1.29 is 22.1 Å². The molecule has 6 heteroatoms. The Morgan fingerprint density at radius 1 is 0.242 bits per heavy atom. The zero-order valence-electron chi connectivity index (χ0n) is 34.9. The van der Waals surface area contributed by atoms with Crippen LogP contribution in [-0.4, -0.2) is 4.57 Å². The number of furan rings is 5. The van der Waals surface area contributed by atoms with E-state index in [4.69, 9.17) is 22.1 Å². The number of aromatic nitrogens is 1. The largest absolute Gasteiger partial charge is 0.456 e. The number of hydrogen-bond donors (Lipinski definition) is 0. The van der Waals surface area contributed by atoms with Gasteiger partial charge in [-0.2, -0.15) is 0 Å². The van der Waals surface area contributed by atoms with Crippen LogP contribution in [-0.2, 0) is 0 Å². The highest BCUT2D eigenvalue weighted by molar-refractivity contribution is 6.26. The molecule has 66 heavy (non-hydrogen) atoms. The van der Waals surface area contributed by atoms with E-state index in [-0.39, 0.29) is 0 Å². The minimum atomic E-state index is 0.790. The van der Waals surface area contributed by atoms with E-state index in [1.54, 1.807) is 0 Å². The number of fused-ring (bicyclic) bond motifs is 21. The molecular weight excluding hydrogens is 815 g/mol. The Balaban J connectivity index is 0.820. The molecule has 0 amide bonds. The molecule has 0 radical (unpaired) electrons. The first-order valence-electron chi connectivity index (χ1n) is 22.2. The summed E-state index contributed by atoms with van der Waals surface area (Å²) in [7, 11) is 0. The topological polar surface area (TPSA) is 70.6 Å². The Labute approximate surface area is 372 Å². The molecule has 0 fully saturated rings. The van der Waals surface area contributed by atoms with Gasteiger partial charge in [-0.25, -0.2) is 0 Å². The van der Waals surface area contributed by atoms with Crippen molar-refractivity contribution in [2.75, 3.05) is 0 Å². The van der Waals surface area contributed by atoms with Gasteiger partial charge in [0.25, 0.3) is 0 Å². The first kappa shape index (κ1) is 34.5. The summed E-state index contributed by atoms with van der Waals surface area (Å²) in [4.78, 5) is 0. The van der Waals surface area contributed by atoms with Crippen molar-refractivity contribution in [1.82, 2.24) is 4.57 Å². The van der Waals surface area contributed by atoms with Crippen LogP contribution in [0.2, 0.25) is 0 Å². The van der Waals surface area contributed by atoms with Crippen LogP contribution in [0, 0.1) is 0 Å². The maximum Gasteiger partial charge on any atom is 0.147 e. The van der Waals surface area contributed by atoms with Crippen molar-refractivity contribution in [3.63, 3.8) is 0 Å². The summed E-state index contributed by atoms with van der Waals surface area (Å²) >= 11 is 0. The number of hydrogen-bond acceptors (Lipinski definition) is 5. The second-order valence-electron chi connectivity index (χ2n) is 17.5. The first-order chi connectivity index (χ1) is 32.7. The summed E-state index contributed by atoms with van der Waals surface area (Å²) < 4.78 is 34.9. The van der Waals surface area contributed by atoms with Gasteiger partial charge in [-0.15, -0.1) is 0 Å². The maximum absolute atomic E-state index is 6.78. The van der Waals surface area contributed by atoms with Crippen LogP contribution < -0.4 is 0 Å². The van der Waals surface area contributed by atoms with E-state index in [2.05, 4.69) is 162 Å². The van der Waals surface area contributed by atoms with E-state index in [0.29, 0.717) is 0 Å². The van der Waals surface area contributed by atoms with Crippen LogP contribution in [0.1, 0.15) is 0 Å². The average molecular weight is 846 g/mol. The molecule has 0 unspecified atom stereocenters. The molecule has 6 heterocycles. The lowest BCUT2D eigenvalue weighted by Gasteiger charge is -2.08. The average Bonchev–Trinajstić information content (AvgIpc) is 4.22. The minimum absolute atomic E-state index is 0.790. The molecule has 16 aromatic rings. The van der Waals surface area contributed by atoms with Gasteiger partial charge >= 0.3 is 0 Å². The van der Waals surface area contributed by atoms with E-state index in [1.807, 2.05) is 30.3 Å². The van der Waals surface area contributed by atoms with Crippen LogP contribution in [0.25, 0.3) is 159 Å². The maximum atomic E-state index is 6.78. The van der Waals surface area contributed by atoms with Crippen molar-refractivity contribution in [3.05, 3.63) is 188 Å². The third-order valence-electron chi connectivity index (χ3n) is 14.0. The monoisotopic (exact) mass is 845 g/mol. The Morgan fingerprint density at radius 2 is 0.727 bits per heavy atom. The summed E-state index contributed by atoms with van der Waals surface area (Å²) in [5, 5.41) is 12.8. The number of para-hydroxylation sites is 3. The fraction of sp³-hybridized carbons (Fsp3) is 0. The molecule has 0 saturated heterocycles. The second-order valence-corrected chi connectivity index (χ2v) is 17.5. The van der Waals surface area contributed by atoms with Crippen LogP contribution in [0.3, 0.4) is 0 Å². The van der Waals surface area contributed by atoms with E-state index >= 15 is 0 Å². The van der Waals surface area contributed by atoms with Crippen molar-refractivity contribution in [1.29, 1.82) is 0 Å². The van der Waals surface area contributed by atoms with Crippen LogP contribution in [0.4, 0.5) is 0 Å². The second kappa shape index (κ2) is 12.4. The zero-order valence-corrected chi connectivity index (χ0v) is 34.9. The van der Waals surface area contributed by atoms with Gasteiger partial charge in [-0.05, 0) is 125 Å². The Morgan fingerprint density at radius 3 is 1.42 bits per heavy atom. The number of benzene rings is 10. The van der Waals surface area contributed by atoms with Crippen molar-refractivity contribution in [2.24, 2.45) is 0 Å². The molecule has 306 valence electrons. The standard InChI is InChI=1S/C60H31NO5/c1-4-13-46-41(11-1)55-47(22-19-38-37-10-2-5-14-48(37)64-58(38)55)61(46)36-18-25-52-45(31-36)57-54(63-52)27-21-40-44-30-35(17-24-51(44)66-60(40)57)33-9-7-8-32(28-33)34-16-23-50-43(29-34)39-20-26-53-56(59(39)65-50)42-12-3-6-15-49(42)62-53/h1-31H. The lowest BCUT2D eigenvalue weighted by Crippen LogP contribution is -1.93. The Bertz CT molecular complexity index is 4770. The number of nitrogens with zero attached hydrogens (tertiary/aromatic N) is 1.